The lowest BCUT2D eigenvalue weighted by Crippen LogP contribution is -2.22. The summed E-state index contributed by atoms with van der Waals surface area (Å²) < 4.78 is 146. The van der Waals surface area contributed by atoms with Crippen molar-refractivity contribution in [3.05, 3.63) is 106 Å². The molecule has 230 valence electrons. The van der Waals surface area contributed by atoms with Gasteiger partial charge in [-0.25, -0.2) is 22.4 Å². The lowest BCUT2D eigenvalue weighted by Gasteiger charge is -2.16. The van der Waals surface area contributed by atoms with E-state index in [0.717, 1.165) is 42.5 Å². The molecule has 0 saturated carbocycles. The predicted octanol–water partition coefficient (Wildman–Crippen LogP) is 8.21. The molecule has 0 aliphatic rings. The van der Waals surface area contributed by atoms with Gasteiger partial charge in [-0.1, -0.05) is 12.1 Å². The van der Waals surface area contributed by atoms with Crippen molar-refractivity contribution in [1.29, 1.82) is 0 Å². The van der Waals surface area contributed by atoms with E-state index in [0.29, 0.717) is 18.2 Å². The average molecular weight is 634 g/mol. The van der Waals surface area contributed by atoms with E-state index in [1.54, 1.807) is 0 Å². The SMILES string of the molecule is O=C(O)c1c(F)c(F)c(F)c(F)c1C(=O)Nc1ccc(Oc2cccc(C(F)(F)F)c2)nc1Oc1cccc(C(F)(F)F)c1. The Labute approximate surface area is 238 Å². The van der Waals surface area contributed by atoms with Crippen molar-refractivity contribution in [2.75, 3.05) is 5.32 Å². The second-order valence-corrected chi connectivity index (χ2v) is 8.52. The first-order valence-electron chi connectivity index (χ1n) is 11.6. The Morgan fingerprint density at radius 3 is 1.68 bits per heavy atom. The molecule has 4 aromatic rings. The number of carbonyl (C=O) groups is 2. The van der Waals surface area contributed by atoms with Crippen molar-refractivity contribution in [3.8, 4) is 23.3 Å². The molecule has 0 radical (unpaired) electrons. The molecule has 2 N–H and O–H groups in total. The fraction of sp³-hybridized carbons (Fsp3) is 0.0741. The first-order valence-corrected chi connectivity index (χ1v) is 11.6. The standard InChI is InChI=1S/C27H12F10N2O5/c28-19-17(18(25(41)42)20(29)22(31)21(19)30)23(40)38-15-7-8-16(43-13-5-1-3-11(9-13)26(32,33)34)39-24(15)44-14-6-2-4-12(10-14)27(35,36)37/h1-10H,(H,38,40)(H,41,42). The number of pyridine rings is 1. The van der Waals surface area contributed by atoms with Gasteiger partial charge in [-0.15, -0.1) is 0 Å². The number of ether oxygens (including phenoxy) is 2. The van der Waals surface area contributed by atoms with Crippen LogP contribution in [0.2, 0.25) is 0 Å². The highest BCUT2D eigenvalue weighted by atomic mass is 19.4. The summed E-state index contributed by atoms with van der Waals surface area (Å²) in [5.41, 5.74) is -6.71. The van der Waals surface area contributed by atoms with Crippen molar-refractivity contribution in [3.63, 3.8) is 0 Å². The van der Waals surface area contributed by atoms with Gasteiger partial charge < -0.3 is 19.9 Å². The fourth-order valence-corrected chi connectivity index (χ4v) is 3.59. The van der Waals surface area contributed by atoms with Gasteiger partial charge in [-0.2, -0.15) is 31.3 Å². The van der Waals surface area contributed by atoms with Crippen molar-refractivity contribution >= 4 is 17.6 Å². The molecule has 0 atom stereocenters. The lowest BCUT2D eigenvalue weighted by atomic mass is 10.0. The van der Waals surface area contributed by atoms with E-state index < -0.39 is 98.7 Å². The number of nitrogens with zero attached hydrogens (tertiary/aromatic N) is 1. The van der Waals surface area contributed by atoms with Gasteiger partial charge in [0.25, 0.3) is 5.91 Å². The van der Waals surface area contributed by atoms with Crippen molar-refractivity contribution in [2.45, 2.75) is 12.4 Å². The van der Waals surface area contributed by atoms with Gasteiger partial charge in [-0.3, -0.25) is 4.79 Å². The van der Waals surface area contributed by atoms with Gasteiger partial charge in [0.1, 0.15) is 22.7 Å². The number of aromatic carboxylic acids is 1. The van der Waals surface area contributed by atoms with E-state index >= 15 is 0 Å². The summed E-state index contributed by atoms with van der Waals surface area (Å²) in [5, 5.41) is 11.0. The molecule has 17 heteroatoms. The zero-order valence-corrected chi connectivity index (χ0v) is 21.1. The molecule has 0 spiro atoms. The molecule has 0 aliphatic heterocycles. The second-order valence-electron chi connectivity index (χ2n) is 8.52. The number of anilines is 1. The minimum absolute atomic E-state index is 0.417. The van der Waals surface area contributed by atoms with Crippen LogP contribution in [0.4, 0.5) is 49.6 Å². The van der Waals surface area contributed by atoms with Crippen LogP contribution >= 0.6 is 0 Å². The summed E-state index contributed by atoms with van der Waals surface area (Å²) in [6.45, 7) is 0. The maximum atomic E-state index is 14.5. The molecule has 0 unspecified atom stereocenters. The number of amides is 1. The summed E-state index contributed by atoms with van der Waals surface area (Å²) >= 11 is 0. The Kier molecular flexibility index (Phi) is 8.42. The van der Waals surface area contributed by atoms with Crippen LogP contribution in [0.1, 0.15) is 31.8 Å². The maximum absolute atomic E-state index is 14.5. The number of aromatic nitrogens is 1. The number of hydrogen-bond donors (Lipinski definition) is 2. The molecule has 0 saturated heterocycles. The van der Waals surface area contributed by atoms with Crippen LogP contribution < -0.4 is 14.8 Å². The van der Waals surface area contributed by atoms with Crippen LogP contribution in [0.15, 0.2) is 60.7 Å². The van der Waals surface area contributed by atoms with E-state index in [4.69, 9.17) is 9.47 Å². The largest absolute Gasteiger partial charge is 0.478 e. The van der Waals surface area contributed by atoms with Crippen LogP contribution in [0.3, 0.4) is 0 Å². The first kappa shape index (κ1) is 31.6. The minimum Gasteiger partial charge on any atom is -0.478 e. The zero-order valence-electron chi connectivity index (χ0n) is 21.1. The second kappa shape index (κ2) is 11.7. The van der Waals surface area contributed by atoms with Crippen LogP contribution in [0, 0.1) is 23.3 Å². The molecule has 7 nitrogen and oxygen atoms in total. The monoisotopic (exact) mass is 634 g/mol. The van der Waals surface area contributed by atoms with Crippen LogP contribution in [0.25, 0.3) is 0 Å². The van der Waals surface area contributed by atoms with Gasteiger partial charge in [0.15, 0.2) is 23.3 Å². The molecule has 1 aromatic heterocycles. The summed E-state index contributed by atoms with van der Waals surface area (Å²) in [7, 11) is 0. The van der Waals surface area contributed by atoms with Crippen LogP contribution in [0.5, 0.6) is 23.3 Å². The Balaban J connectivity index is 1.78. The highest BCUT2D eigenvalue weighted by Crippen LogP contribution is 2.37. The minimum atomic E-state index is -4.85. The third-order valence-electron chi connectivity index (χ3n) is 5.55. The lowest BCUT2D eigenvalue weighted by molar-refractivity contribution is -0.138. The quantitative estimate of drug-likeness (QED) is 0.121. The number of carbonyl (C=O) groups excluding carboxylic acids is 1. The van der Waals surface area contributed by atoms with E-state index in [9.17, 15) is 58.6 Å². The third kappa shape index (κ3) is 6.66. The van der Waals surface area contributed by atoms with Gasteiger partial charge in [0, 0.05) is 6.07 Å². The summed E-state index contributed by atoms with van der Waals surface area (Å²) in [6.07, 6.45) is -9.61. The van der Waals surface area contributed by atoms with Gasteiger partial charge in [0.05, 0.1) is 16.7 Å². The Hall–Kier alpha value is -5.35. The molecule has 0 fully saturated rings. The molecular weight excluding hydrogens is 622 g/mol. The normalized spacial score (nSPS) is 11.7. The highest BCUT2D eigenvalue weighted by molar-refractivity contribution is 6.11. The highest BCUT2D eigenvalue weighted by Gasteiger charge is 2.34. The van der Waals surface area contributed by atoms with Crippen LogP contribution in [-0.4, -0.2) is 22.0 Å². The van der Waals surface area contributed by atoms with E-state index in [2.05, 4.69) is 4.98 Å². The topological polar surface area (TPSA) is 97.8 Å². The third-order valence-corrected chi connectivity index (χ3v) is 5.55. The average Bonchev–Trinajstić information content (AvgIpc) is 2.94. The number of carboxylic acid groups (broad SMARTS) is 1. The number of benzene rings is 3. The molecular formula is C27H12F10N2O5. The summed E-state index contributed by atoms with van der Waals surface area (Å²) in [4.78, 5) is 28.1. The number of nitrogens with one attached hydrogen (secondary N) is 1. The summed E-state index contributed by atoms with van der Waals surface area (Å²) in [6, 6.07) is 8.17. The van der Waals surface area contributed by atoms with Crippen molar-refractivity contribution in [2.24, 2.45) is 0 Å². The van der Waals surface area contributed by atoms with Gasteiger partial charge in [-0.05, 0) is 42.5 Å². The van der Waals surface area contributed by atoms with E-state index in [-0.39, 0.29) is 0 Å². The molecule has 3 aromatic carbocycles. The van der Waals surface area contributed by atoms with Crippen LogP contribution in [-0.2, 0) is 12.4 Å². The number of halogens is 10. The number of hydrogen-bond acceptors (Lipinski definition) is 5. The Bertz CT molecular complexity index is 1770. The Morgan fingerprint density at radius 1 is 0.682 bits per heavy atom. The molecule has 1 amide bonds. The van der Waals surface area contributed by atoms with E-state index in [1.807, 2.05) is 5.32 Å². The van der Waals surface area contributed by atoms with Gasteiger partial charge >= 0.3 is 18.3 Å². The summed E-state index contributed by atoms with van der Waals surface area (Å²) in [5.74, 6) is -16.5. The zero-order chi connectivity index (χ0) is 32.6. The maximum Gasteiger partial charge on any atom is 0.416 e. The fourth-order valence-electron chi connectivity index (χ4n) is 3.59. The smallest absolute Gasteiger partial charge is 0.416 e. The molecule has 4 rings (SSSR count). The van der Waals surface area contributed by atoms with E-state index in [1.165, 1.54) is 0 Å². The number of rotatable bonds is 7. The molecule has 44 heavy (non-hydrogen) atoms. The molecule has 1 heterocycles. The number of carboxylic acids is 1. The first-order chi connectivity index (χ1) is 20.5. The Morgan fingerprint density at radius 2 is 1.18 bits per heavy atom. The van der Waals surface area contributed by atoms with Crippen molar-refractivity contribution in [1.82, 2.24) is 4.98 Å². The predicted molar refractivity (Wildman–Crippen MR) is 128 cm³/mol. The molecule has 0 bridgehead atoms. The number of alkyl halides is 6. The van der Waals surface area contributed by atoms with Crippen molar-refractivity contribution < 1.29 is 68.1 Å². The molecule has 0 aliphatic carbocycles. The van der Waals surface area contributed by atoms with Gasteiger partial charge in [0.2, 0.25) is 11.8 Å².